The van der Waals surface area contributed by atoms with Crippen LogP contribution < -0.4 is 0 Å². The Balaban J connectivity index is 0.000000613. The van der Waals surface area contributed by atoms with Crippen LogP contribution in [0.25, 0.3) is 28.0 Å². The van der Waals surface area contributed by atoms with E-state index >= 15 is 0 Å². The molecular weight excluding hydrogens is 438 g/mol. The van der Waals surface area contributed by atoms with E-state index in [0.717, 1.165) is 6.42 Å². The van der Waals surface area contributed by atoms with Crippen LogP contribution in [0.2, 0.25) is 0 Å². The maximum absolute atomic E-state index is 4.93. The van der Waals surface area contributed by atoms with E-state index in [1.807, 2.05) is 0 Å². The molecule has 0 saturated heterocycles. The molecule has 0 heterocycles. The summed E-state index contributed by atoms with van der Waals surface area (Å²) in [6.07, 6.45) is 6.00. The second kappa shape index (κ2) is 9.36. The Bertz CT molecular complexity index is 944. The zero-order chi connectivity index (χ0) is 18.5. The molecule has 3 aromatic rings. The fraction of sp³-hybridized carbons (Fsp3) is 0.217. The predicted octanol–water partition coefficient (Wildman–Crippen LogP) is 7.93. The SMILES string of the molecule is CCCC1=Cc2c(cccc2-c2c(C)ccc3ccccc23)C1.[Cl][Zr][Cl]. The van der Waals surface area contributed by atoms with E-state index in [1.165, 1.54) is 51.4 Å². The van der Waals surface area contributed by atoms with E-state index in [4.69, 9.17) is 17.0 Å². The Labute approximate surface area is 174 Å². The minimum absolute atomic E-state index is 0.826. The first-order valence-electron chi connectivity index (χ1n) is 8.96. The van der Waals surface area contributed by atoms with Crippen molar-refractivity contribution in [3.8, 4) is 11.1 Å². The maximum atomic E-state index is 4.93. The summed E-state index contributed by atoms with van der Waals surface area (Å²) in [5.41, 5.74) is 8.65. The molecular formula is C23H22Cl2Zr. The monoisotopic (exact) mass is 458 g/mol. The second-order valence-corrected chi connectivity index (χ2v) is 10.4. The molecule has 0 spiro atoms. The van der Waals surface area contributed by atoms with Crippen molar-refractivity contribution in [3.05, 3.63) is 76.9 Å². The molecule has 3 aromatic carbocycles. The van der Waals surface area contributed by atoms with Crippen LogP contribution in [0.3, 0.4) is 0 Å². The van der Waals surface area contributed by atoms with E-state index in [2.05, 4.69) is 74.5 Å². The molecule has 1 aliphatic rings. The van der Waals surface area contributed by atoms with Crippen LogP contribution in [0.4, 0.5) is 0 Å². The van der Waals surface area contributed by atoms with Crippen molar-refractivity contribution in [2.24, 2.45) is 0 Å². The minimum atomic E-state index is -0.826. The van der Waals surface area contributed by atoms with Crippen molar-refractivity contribution in [1.82, 2.24) is 0 Å². The summed E-state index contributed by atoms with van der Waals surface area (Å²) >= 11 is -0.826. The number of hydrogen-bond acceptors (Lipinski definition) is 0. The van der Waals surface area contributed by atoms with Gasteiger partial charge in [0.05, 0.1) is 0 Å². The van der Waals surface area contributed by atoms with Crippen molar-refractivity contribution in [3.63, 3.8) is 0 Å². The van der Waals surface area contributed by atoms with Gasteiger partial charge in [-0.05, 0) is 58.4 Å². The standard InChI is InChI=1S/C23H22.2ClH.Zr/c1-3-7-17-14-19-9-6-11-21(22(19)15-17)23-16(2)12-13-18-8-4-5-10-20(18)23;;;/h4-6,8-13,15H,3,7,14H2,1-2H3;2*1H;/q;;;+2/p-2. The van der Waals surface area contributed by atoms with Crippen molar-refractivity contribution in [2.75, 3.05) is 0 Å². The Morgan fingerprint density at radius 1 is 0.962 bits per heavy atom. The summed E-state index contributed by atoms with van der Waals surface area (Å²) in [7, 11) is 9.87. The average Bonchev–Trinajstić information content (AvgIpc) is 3.05. The molecule has 0 amide bonds. The van der Waals surface area contributed by atoms with Crippen LogP contribution in [0.1, 0.15) is 36.5 Å². The van der Waals surface area contributed by atoms with E-state index in [1.54, 1.807) is 5.57 Å². The van der Waals surface area contributed by atoms with Gasteiger partial charge < -0.3 is 0 Å². The van der Waals surface area contributed by atoms with Crippen molar-refractivity contribution < 1.29 is 20.8 Å². The Morgan fingerprint density at radius 3 is 2.50 bits per heavy atom. The Hall–Kier alpha value is -0.877. The first kappa shape index (κ1) is 19.9. The van der Waals surface area contributed by atoms with Gasteiger partial charge in [-0.15, -0.1) is 0 Å². The molecule has 26 heavy (non-hydrogen) atoms. The summed E-state index contributed by atoms with van der Waals surface area (Å²) in [5.74, 6) is 0. The molecule has 0 fully saturated rings. The molecule has 0 N–H and O–H groups in total. The number of benzene rings is 3. The van der Waals surface area contributed by atoms with E-state index < -0.39 is 20.8 Å². The van der Waals surface area contributed by atoms with Gasteiger partial charge in [-0.2, -0.15) is 0 Å². The van der Waals surface area contributed by atoms with Crippen LogP contribution in [-0.2, 0) is 27.3 Å². The van der Waals surface area contributed by atoms with Gasteiger partial charge in [-0.3, -0.25) is 0 Å². The van der Waals surface area contributed by atoms with Crippen molar-refractivity contribution in [1.29, 1.82) is 0 Å². The molecule has 0 unspecified atom stereocenters. The molecule has 0 aliphatic heterocycles. The quantitative estimate of drug-likeness (QED) is 0.372. The molecule has 0 nitrogen and oxygen atoms in total. The number of aryl methyl sites for hydroxylation is 1. The number of allylic oxidation sites excluding steroid dienone is 1. The molecule has 0 radical (unpaired) electrons. The van der Waals surface area contributed by atoms with Gasteiger partial charge in [0.2, 0.25) is 0 Å². The van der Waals surface area contributed by atoms with E-state index in [9.17, 15) is 0 Å². The fourth-order valence-electron chi connectivity index (χ4n) is 3.88. The predicted molar refractivity (Wildman–Crippen MR) is 112 cm³/mol. The average molecular weight is 461 g/mol. The topological polar surface area (TPSA) is 0 Å². The molecule has 0 saturated carbocycles. The van der Waals surface area contributed by atoms with Crippen LogP contribution in [0.15, 0.2) is 60.2 Å². The van der Waals surface area contributed by atoms with Crippen molar-refractivity contribution >= 4 is 33.9 Å². The van der Waals surface area contributed by atoms with Gasteiger partial charge >= 0.3 is 37.9 Å². The summed E-state index contributed by atoms with van der Waals surface area (Å²) < 4.78 is 0. The van der Waals surface area contributed by atoms with Crippen LogP contribution in [-0.4, -0.2) is 0 Å². The molecule has 1 aliphatic carbocycles. The Kier molecular flexibility index (Phi) is 7.15. The third-order valence-corrected chi connectivity index (χ3v) is 4.94. The van der Waals surface area contributed by atoms with Gasteiger partial charge in [-0.25, -0.2) is 0 Å². The van der Waals surface area contributed by atoms with Gasteiger partial charge in [-0.1, -0.05) is 79.6 Å². The van der Waals surface area contributed by atoms with E-state index in [0.29, 0.717) is 0 Å². The van der Waals surface area contributed by atoms with E-state index in [-0.39, 0.29) is 0 Å². The molecule has 0 aromatic heterocycles. The van der Waals surface area contributed by atoms with Crippen LogP contribution in [0, 0.1) is 6.92 Å². The third-order valence-electron chi connectivity index (χ3n) is 4.94. The number of hydrogen-bond donors (Lipinski definition) is 0. The normalized spacial score (nSPS) is 12.2. The van der Waals surface area contributed by atoms with Crippen molar-refractivity contribution in [2.45, 2.75) is 33.1 Å². The van der Waals surface area contributed by atoms with Crippen LogP contribution in [0.5, 0.6) is 0 Å². The number of rotatable bonds is 3. The zero-order valence-corrected chi connectivity index (χ0v) is 19.1. The molecule has 0 atom stereocenters. The van der Waals surface area contributed by atoms with Gasteiger partial charge in [0, 0.05) is 0 Å². The van der Waals surface area contributed by atoms with Gasteiger partial charge in [0.25, 0.3) is 0 Å². The zero-order valence-electron chi connectivity index (χ0n) is 15.2. The summed E-state index contributed by atoms with van der Waals surface area (Å²) in [6, 6.07) is 20.0. The first-order valence-corrected chi connectivity index (χ1v) is 15.3. The molecule has 4 rings (SSSR count). The molecule has 3 heteroatoms. The number of fused-ring (bicyclic) bond motifs is 2. The second-order valence-electron chi connectivity index (χ2n) is 6.66. The molecule has 0 bridgehead atoms. The van der Waals surface area contributed by atoms with Gasteiger partial charge in [0.1, 0.15) is 0 Å². The first-order chi connectivity index (χ1) is 12.7. The number of halogens is 2. The summed E-state index contributed by atoms with van der Waals surface area (Å²) in [5, 5.41) is 2.68. The fourth-order valence-corrected chi connectivity index (χ4v) is 3.88. The summed E-state index contributed by atoms with van der Waals surface area (Å²) in [4.78, 5) is 0. The third kappa shape index (κ3) is 4.17. The van der Waals surface area contributed by atoms with Crippen LogP contribution >= 0.6 is 17.0 Å². The summed E-state index contributed by atoms with van der Waals surface area (Å²) in [6.45, 7) is 4.49. The Morgan fingerprint density at radius 2 is 1.73 bits per heavy atom. The van der Waals surface area contributed by atoms with Gasteiger partial charge in [0.15, 0.2) is 0 Å². The molecule has 132 valence electrons.